The van der Waals surface area contributed by atoms with Crippen LogP contribution in [0.15, 0.2) is 48.5 Å². The van der Waals surface area contributed by atoms with Gasteiger partial charge in [0.15, 0.2) is 0 Å². The van der Waals surface area contributed by atoms with E-state index in [0.717, 1.165) is 19.2 Å². The van der Waals surface area contributed by atoms with Gasteiger partial charge >= 0.3 is 12.1 Å². The first kappa shape index (κ1) is 34.7. The fraction of sp³-hybridized carbons (Fsp3) is 0.394. The van der Waals surface area contributed by atoms with Crippen molar-refractivity contribution in [3.63, 3.8) is 0 Å². The highest BCUT2D eigenvalue weighted by molar-refractivity contribution is 6.30. The molecule has 8 nitrogen and oxygen atoms in total. The number of halogens is 5. The van der Waals surface area contributed by atoms with Crippen LogP contribution in [-0.4, -0.2) is 44.8 Å². The molecule has 1 aliphatic rings. The Morgan fingerprint density at radius 2 is 1.72 bits per heavy atom. The van der Waals surface area contributed by atoms with Crippen LogP contribution in [0, 0.1) is 5.82 Å². The molecule has 1 heterocycles. The number of alkyl halides is 3. The molecule has 0 saturated heterocycles. The molecule has 0 fully saturated rings. The number of anilines is 2. The number of hydrogen-bond acceptors (Lipinski definition) is 7. The van der Waals surface area contributed by atoms with Crippen LogP contribution in [0.1, 0.15) is 56.3 Å². The topological polar surface area (TPSA) is 86.3 Å². The molecular formula is C33H35ClF4N2O6. The van der Waals surface area contributed by atoms with E-state index in [1.54, 1.807) is 39.0 Å². The van der Waals surface area contributed by atoms with Gasteiger partial charge in [0.25, 0.3) is 5.91 Å². The molecule has 0 spiro atoms. The van der Waals surface area contributed by atoms with Gasteiger partial charge in [0, 0.05) is 53.1 Å². The third kappa shape index (κ3) is 8.54. The summed E-state index contributed by atoms with van der Waals surface area (Å²) in [5.41, 5.74) is -0.866. The number of esters is 1. The maximum Gasteiger partial charge on any atom is 0.420 e. The molecule has 1 aliphatic heterocycles. The smallest absolute Gasteiger partial charge is 0.420 e. The fourth-order valence-electron chi connectivity index (χ4n) is 5.02. The number of methoxy groups -OCH3 is 2. The number of nitrogens with zero attached hydrogens (tertiary/aromatic N) is 1. The Balaban J connectivity index is 1.63. The van der Waals surface area contributed by atoms with Crippen molar-refractivity contribution in [3.8, 4) is 17.2 Å². The molecule has 0 radical (unpaired) electrons. The second-order valence-corrected chi connectivity index (χ2v) is 12.0. The molecule has 0 aromatic heterocycles. The fourth-order valence-corrected chi connectivity index (χ4v) is 5.18. The van der Waals surface area contributed by atoms with Gasteiger partial charge < -0.3 is 29.2 Å². The zero-order valence-electron chi connectivity index (χ0n) is 26.0. The Morgan fingerprint density at radius 1 is 1.00 bits per heavy atom. The lowest BCUT2D eigenvalue weighted by atomic mass is 10.0. The molecule has 46 heavy (non-hydrogen) atoms. The largest absolute Gasteiger partial charge is 0.497 e. The van der Waals surface area contributed by atoms with Crippen molar-refractivity contribution in [2.24, 2.45) is 0 Å². The van der Waals surface area contributed by atoms with Crippen molar-refractivity contribution >= 4 is 34.9 Å². The quantitative estimate of drug-likeness (QED) is 0.127. The minimum absolute atomic E-state index is 0.0546. The summed E-state index contributed by atoms with van der Waals surface area (Å²) in [6.45, 7) is 5.56. The summed E-state index contributed by atoms with van der Waals surface area (Å²) in [7, 11) is 2.58. The standard InChI is InChI=1S/C33H35ClF4N2O6/c1-32(2,3)46-29(41)7-6-12-45-23-16-21(15-22(17-23)43-4)39-30(24-9-8-20(34)14-26(24)35)31(42)40-11-10-19-13-28(44-5)25(18-27(19)40)33(36,37)38/h8-9,13-18,30,39H,6-7,10-12H2,1-5H3. The van der Waals surface area contributed by atoms with Crippen LogP contribution in [0.4, 0.5) is 28.9 Å². The lowest BCUT2D eigenvalue weighted by Gasteiger charge is -2.27. The van der Waals surface area contributed by atoms with Gasteiger partial charge in [-0.2, -0.15) is 13.2 Å². The van der Waals surface area contributed by atoms with Crippen LogP contribution in [0.2, 0.25) is 5.02 Å². The zero-order valence-corrected chi connectivity index (χ0v) is 26.8. The SMILES string of the molecule is COc1cc(NC(C(=O)N2CCc3cc(OC)c(C(F)(F)F)cc32)c2ccc(Cl)cc2F)cc(OCCCC(=O)OC(C)(C)C)c1. The van der Waals surface area contributed by atoms with Gasteiger partial charge in [-0.15, -0.1) is 0 Å². The summed E-state index contributed by atoms with van der Waals surface area (Å²) in [5.74, 6) is -1.51. The maximum absolute atomic E-state index is 15.3. The third-order valence-electron chi connectivity index (χ3n) is 7.03. The van der Waals surface area contributed by atoms with Crippen molar-refractivity contribution in [1.29, 1.82) is 0 Å². The van der Waals surface area contributed by atoms with E-state index in [4.69, 9.17) is 30.5 Å². The number of hydrogen-bond donors (Lipinski definition) is 1. The minimum Gasteiger partial charge on any atom is -0.497 e. The third-order valence-corrected chi connectivity index (χ3v) is 7.26. The first-order chi connectivity index (χ1) is 21.6. The summed E-state index contributed by atoms with van der Waals surface area (Å²) in [6.07, 6.45) is -3.96. The molecule has 248 valence electrons. The highest BCUT2D eigenvalue weighted by Gasteiger charge is 2.39. The van der Waals surface area contributed by atoms with E-state index < -0.39 is 35.1 Å². The summed E-state index contributed by atoms with van der Waals surface area (Å²) in [5, 5.41) is 3.13. The molecule has 3 aromatic rings. The molecule has 3 aromatic carbocycles. The number of ether oxygens (including phenoxy) is 4. The first-order valence-corrected chi connectivity index (χ1v) is 14.8. The number of carbonyl (C=O) groups excluding carboxylic acids is 2. The van der Waals surface area contributed by atoms with Crippen LogP contribution in [0.25, 0.3) is 0 Å². The number of carbonyl (C=O) groups is 2. The Bertz CT molecular complexity index is 1590. The lowest BCUT2D eigenvalue weighted by molar-refractivity contribution is -0.155. The zero-order chi connectivity index (χ0) is 33.8. The molecule has 1 amide bonds. The minimum atomic E-state index is -4.73. The van der Waals surface area contributed by atoms with E-state index >= 15 is 4.39 Å². The Morgan fingerprint density at radius 3 is 2.35 bits per heavy atom. The molecular weight excluding hydrogens is 632 g/mol. The monoisotopic (exact) mass is 666 g/mol. The number of nitrogens with one attached hydrogen (secondary N) is 1. The second-order valence-electron chi connectivity index (χ2n) is 11.6. The van der Waals surface area contributed by atoms with E-state index in [-0.39, 0.29) is 54.0 Å². The number of rotatable bonds is 11. The predicted octanol–water partition coefficient (Wildman–Crippen LogP) is 7.76. The molecule has 0 saturated carbocycles. The van der Waals surface area contributed by atoms with Gasteiger partial charge in [-0.05, 0) is 63.4 Å². The number of benzene rings is 3. The van der Waals surface area contributed by atoms with E-state index in [9.17, 15) is 22.8 Å². The summed E-state index contributed by atoms with van der Waals surface area (Å²) in [4.78, 5) is 27.4. The van der Waals surface area contributed by atoms with Crippen LogP contribution >= 0.6 is 11.6 Å². The number of fused-ring (bicyclic) bond motifs is 1. The van der Waals surface area contributed by atoms with Gasteiger partial charge in [-0.25, -0.2) is 4.39 Å². The molecule has 4 rings (SSSR count). The van der Waals surface area contributed by atoms with Crippen molar-refractivity contribution in [2.45, 2.75) is 57.9 Å². The molecule has 13 heteroatoms. The first-order valence-electron chi connectivity index (χ1n) is 14.4. The van der Waals surface area contributed by atoms with Gasteiger partial charge in [0.1, 0.15) is 34.7 Å². The molecule has 1 unspecified atom stereocenters. The Labute approximate surface area is 269 Å². The average molecular weight is 667 g/mol. The van der Waals surface area contributed by atoms with Crippen LogP contribution in [-0.2, 0) is 26.9 Å². The van der Waals surface area contributed by atoms with Crippen LogP contribution < -0.4 is 24.4 Å². The Kier molecular flexibility index (Phi) is 10.6. The Hall–Kier alpha value is -4.19. The molecule has 0 bridgehead atoms. The summed E-state index contributed by atoms with van der Waals surface area (Å²) in [6, 6.07) is 9.29. The van der Waals surface area contributed by atoms with Crippen LogP contribution in [0.3, 0.4) is 0 Å². The van der Waals surface area contributed by atoms with Gasteiger partial charge in [-0.1, -0.05) is 17.7 Å². The van der Waals surface area contributed by atoms with E-state index in [0.29, 0.717) is 29.2 Å². The van der Waals surface area contributed by atoms with Crippen molar-refractivity contribution in [2.75, 3.05) is 37.6 Å². The van der Waals surface area contributed by atoms with E-state index in [1.165, 1.54) is 30.2 Å². The molecule has 1 N–H and O–H groups in total. The van der Waals surface area contributed by atoms with Crippen molar-refractivity contribution in [3.05, 3.63) is 76.1 Å². The second kappa shape index (κ2) is 14.1. The van der Waals surface area contributed by atoms with E-state index in [2.05, 4.69) is 5.32 Å². The summed E-state index contributed by atoms with van der Waals surface area (Å²) >= 11 is 5.98. The van der Waals surface area contributed by atoms with E-state index in [1.807, 2.05) is 0 Å². The van der Waals surface area contributed by atoms with Gasteiger partial charge in [0.05, 0.1) is 26.4 Å². The highest BCUT2D eigenvalue weighted by Crippen LogP contribution is 2.43. The molecule has 0 aliphatic carbocycles. The maximum atomic E-state index is 15.3. The van der Waals surface area contributed by atoms with Gasteiger partial charge in [0.2, 0.25) is 0 Å². The predicted molar refractivity (Wildman–Crippen MR) is 165 cm³/mol. The average Bonchev–Trinajstić information content (AvgIpc) is 3.39. The summed E-state index contributed by atoms with van der Waals surface area (Å²) < 4.78 is 78.4. The van der Waals surface area contributed by atoms with Crippen LogP contribution in [0.5, 0.6) is 17.2 Å². The molecule has 1 atom stereocenters. The normalized spacial score (nSPS) is 13.6. The van der Waals surface area contributed by atoms with Crippen molar-refractivity contribution in [1.82, 2.24) is 0 Å². The lowest BCUT2D eigenvalue weighted by Crippen LogP contribution is -2.37. The highest BCUT2D eigenvalue weighted by atomic mass is 35.5. The van der Waals surface area contributed by atoms with Gasteiger partial charge in [-0.3, -0.25) is 9.59 Å². The number of amides is 1. The van der Waals surface area contributed by atoms with Crippen molar-refractivity contribution < 1.29 is 46.1 Å².